The van der Waals surface area contributed by atoms with Gasteiger partial charge in [-0.3, -0.25) is 4.79 Å². The highest BCUT2D eigenvalue weighted by atomic mass is 16.5. The van der Waals surface area contributed by atoms with Gasteiger partial charge in [-0.25, -0.2) is 0 Å². The van der Waals surface area contributed by atoms with Gasteiger partial charge in [-0.05, 0) is 23.3 Å². The van der Waals surface area contributed by atoms with Gasteiger partial charge in [-0.15, -0.1) is 0 Å². The molecule has 0 radical (unpaired) electrons. The zero-order valence-corrected chi connectivity index (χ0v) is 13.6. The fourth-order valence-corrected chi connectivity index (χ4v) is 3.20. The van der Waals surface area contributed by atoms with Gasteiger partial charge in [-0.1, -0.05) is 31.2 Å². The Kier molecular flexibility index (Phi) is 3.73. The number of fused-ring (bicyclic) bond motifs is 3. The molecule has 4 heteroatoms. The number of nitrogens with one attached hydrogen (secondary N) is 1. The van der Waals surface area contributed by atoms with Crippen LogP contribution >= 0.6 is 0 Å². The molecule has 0 bridgehead atoms. The molecule has 1 aliphatic rings. The van der Waals surface area contributed by atoms with E-state index in [1.807, 2.05) is 30.3 Å². The first kappa shape index (κ1) is 14.8. The third-order valence-corrected chi connectivity index (χ3v) is 4.37. The lowest BCUT2D eigenvalue weighted by Gasteiger charge is -2.12. The number of aromatic amines is 1. The lowest BCUT2D eigenvalue weighted by Crippen LogP contribution is -2.11. The van der Waals surface area contributed by atoms with Crippen molar-refractivity contribution in [2.75, 3.05) is 13.2 Å². The molecule has 0 saturated carbocycles. The number of pyridine rings is 1. The van der Waals surface area contributed by atoms with Crippen LogP contribution in [0.15, 0.2) is 47.6 Å². The van der Waals surface area contributed by atoms with Crippen LogP contribution < -0.4 is 10.2 Å². The summed E-state index contributed by atoms with van der Waals surface area (Å²) >= 11 is 0. The van der Waals surface area contributed by atoms with Gasteiger partial charge in [0.15, 0.2) is 5.43 Å². The summed E-state index contributed by atoms with van der Waals surface area (Å²) in [6.45, 7) is 3.32. The molecule has 122 valence electrons. The number of benzene rings is 2. The maximum atomic E-state index is 13.2. The third kappa shape index (κ3) is 2.35. The van der Waals surface area contributed by atoms with Crippen LogP contribution in [-0.2, 0) is 4.74 Å². The smallest absolute Gasteiger partial charge is 0.197 e. The molecular weight excluding hydrogens is 302 g/mol. The van der Waals surface area contributed by atoms with Crippen LogP contribution in [0, 0.1) is 0 Å². The van der Waals surface area contributed by atoms with Crippen molar-refractivity contribution in [1.29, 1.82) is 0 Å². The second kappa shape index (κ2) is 6.04. The molecule has 2 aromatic carbocycles. The predicted octanol–water partition coefficient (Wildman–Crippen LogP) is 4.23. The first-order valence-electron chi connectivity index (χ1n) is 8.30. The number of hydrogen-bond donors (Lipinski definition) is 1. The predicted molar refractivity (Wildman–Crippen MR) is 96.4 cm³/mol. The molecule has 4 rings (SSSR count). The molecule has 3 aromatic rings. The topological polar surface area (TPSA) is 51.3 Å². The Hall–Kier alpha value is -2.75. The van der Waals surface area contributed by atoms with E-state index in [2.05, 4.69) is 11.9 Å². The molecule has 4 nitrogen and oxygen atoms in total. The first-order chi connectivity index (χ1) is 11.8. The van der Waals surface area contributed by atoms with E-state index in [0.29, 0.717) is 24.2 Å². The minimum absolute atomic E-state index is 0.0265. The van der Waals surface area contributed by atoms with Crippen LogP contribution in [0.1, 0.15) is 25.3 Å². The Labute approximate surface area is 139 Å². The molecular formula is C20H19NO3. The van der Waals surface area contributed by atoms with Gasteiger partial charge in [0, 0.05) is 23.8 Å². The minimum atomic E-state index is 0.0265. The highest BCUT2D eigenvalue weighted by molar-refractivity contribution is 6.09. The summed E-state index contributed by atoms with van der Waals surface area (Å²) in [6, 6.07) is 9.93. The fourth-order valence-electron chi connectivity index (χ4n) is 3.20. The summed E-state index contributed by atoms with van der Waals surface area (Å²) in [5.74, 6) is 0.728. The Morgan fingerprint density at radius 2 is 2.17 bits per heavy atom. The van der Waals surface area contributed by atoms with Crippen molar-refractivity contribution in [3.63, 3.8) is 0 Å². The summed E-state index contributed by atoms with van der Waals surface area (Å²) in [5.41, 5.74) is 2.41. The number of H-pyrrole nitrogens is 1. The third-order valence-electron chi connectivity index (χ3n) is 4.37. The van der Waals surface area contributed by atoms with E-state index in [0.717, 1.165) is 40.5 Å². The number of rotatable bonds is 4. The second-order valence-electron chi connectivity index (χ2n) is 5.99. The van der Waals surface area contributed by atoms with E-state index < -0.39 is 0 Å². The molecule has 0 spiro atoms. The molecule has 2 heterocycles. The molecule has 1 aliphatic heterocycles. The van der Waals surface area contributed by atoms with E-state index in [9.17, 15) is 4.79 Å². The Morgan fingerprint density at radius 3 is 2.96 bits per heavy atom. The van der Waals surface area contributed by atoms with Crippen LogP contribution in [0.25, 0.3) is 27.2 Å². The van der Waals surface area contributed by atoms with Gasteiger partial charge in [0.2, 0.25) is 0 Å². The maximum absolute atomic E-state index is 13.2. The highest BCUT2D eigenvalue weighted by Crippen LogP contribution is 2.32. The molecule has 0 fully saturated rings. The monoisotopic (exact) mass is 321 g/mol. The lowest BCUT2D eigenvalue weighted by molar-refractivity contribution is 0.281. The maximum Gasteiger partial charge on any atom is 0.197 e. The van der Waals surface area contributed by atoms with Crippen molar-refractivity contribution in [3.05, 3.63) is 58.6 Å². The summed E-state index contributed by atoms with van der Waals surface area (Å²) in [6.07, 6.45) is 5.15. The van der Waals surface area contributed by atoms with Crippen LogP contribution in [-0.4, -0.2) is 18.2 Å². The van der Waals surface area contributed by atoms with Crippen molar-refractivity contribution < 1.29 is 9.47 Å². The quantitative estimate of drug-likeness (QED) is 0.732. The SMILES string of the molecule is CCCOc1cc2ccccc2c2c(=O)c(C3=COCC3)c[nH]c12. The van der Waals surface area contributed by atoms with Gasteiger partial charge in [0.1, 0.15) is 5.75 Å². The molecule has 1 aromatic heterocycles. The number of ether oxygens (including phenoxy) is 2. The molecule has 24 heavy (non-hydrogen) atoms. The van der Waals surface area contributed by atoms with Gasteiger partial charge < -0.3 is 14.5 Å². The van der Waals surface area contributed by atoms with E-state index in [1.54, 1.807) is 12.5 Å². The lowest BCUT2D eigenvalue weighted by atomic mass is 9.99. The Bertz CT molecular complexity index is 1000. The Balaban J connectivity index is 2.05. The van der Waals surface area contributed by atoms with E-state index in [-0.39, 0.29) is 5.43 Å². The van der Waals surface area contributed by atoms with Crippen LogP contribution in [0.2, 0.25) is 0 Å². The average Bonchev–Trinajstić information content (AvgIpc) is 3.14. The molecule has 0 atom stereocenters. The highest BCUT2D eigenvalue weighted by Gasteiger charge is 2.17. The van der Waals surface area contributed by atoms with Crippen molar-refractivity contribution >= 4 is 27.2 Å². The van der Waals surface area contributed by atoms with E-state index >= 15 is 0 Å². The fraction of sp³-hybridized carbons (Fsp3) is 0.250. The van der Waals surface area contributed by atoms with Crippen LogP contribution in [0.3, 0.4) is 0 Å². The summed E-state index contributed by atoms with van der Waals surface area (Å²) in [4.78, 5) is 16.5. The average molecular weight is 321 g/mol. The van der Waals surface area contributed by atoms with Crippen molar-refractivity contribution in [1.82, 2.24) is 4.98 Å². The Morgan fingerprint density at radius 1 is 1.29 bits per heavy atom. The summed E-state index contributed by atoms with van der Waals surface area (Å²) in [5, 5.41) is 2.64. The van der Waals surface area contributed by atoms with Crippen LogP contribution in [0.5, 0.6) is 5.75 Å². The zero-order valence-electron chi connectivity index (χ0n) is 13.6. The van der Waals surface area contributed by atoms with Gasteiger partial charge >= 0.3 is 0 Å². The summed E-state index contributed by atoms with van der Waals surface area (Å²) < 4.78 is 11.2. The number of aromatic nitrogens is 1. The van der Waals surface area contributed by atoms with Crippen LogP contribution in [0.4, 0.5) is 0 Å². The standard InChI is InChI=1S/C20H19NO3/c1-2-8-24-17-10-13-5-3-4-6-15(13)18-19(17)21-11-16(20(18)22)14-7-9-23-12-14/h3-6,10-12H,2,7-9H2,1H3,(H,21,22). The first-order valence-corrected chi connectivity index (χ1v) is 8.30. The number of hydrogen-bond acceptors (Lipinski definition) is 3. The largest absolute Gasteiger partial charge is 0.501 e. The van der Waals surface area contributed by atoms with Crippen molar-refractivity contribution in [2.45, 2.75) is 19.8 Å². The minimum Gasteiger partial charge on any atom is -0.501 e. The zero-order chi connectivity index (χ0) is 16.5. The molecule has 0 amide bonds. The van der Waals surface area contributed by atoms with E-state index in [1.165, 1.54) is 0 Å². The molecule has 0 saturated heterocycles. The van der Waals surface area contributed by atoms with Gasteiger partial charge in [-0.2, -0.15) is 0 Å². The summed E-state index contributed by atoms with van der Waals surface area (Å²) in [7, 11) is 0. The van der Waals surface area contributed by atoms with Crippen molar-refractivity contribution in [2.24, 2.45) is 0 Å². The van der Waals surface area contributed by atoms with Gasteiger partial charge in [0.05, 0.1) is 30.4 Å². The van der Waals surface area contributed by atoms with E-state index in [4.69, 9.17) is 9.47 Å². The normalized spacial score (nSPS) is 14.0. The van der Waals surface area contributed by atoms with Gasteiger partial charge in [0.25, 0.3) is 0 Å². The molecule has 0 unspecified atom stereocenters. The second-order valence-corrected chi connectivity index (χ2v) is 5.99. The molecule has 1 N–H and O–H groups in total. The van der Waals surface area contributed by atoms with Crippen molar-refractivity contribution in [3.8, 4) is 5.75 Å². The molecule has 0 aliphatic carbocycles.